The number of aryl methyl sites for hydroxylation is 1. The van der Waals surface area contributed by atoms with Gasteiger partial charge in [0.2, 0.25) is 0 Å². The van der Waals surface area contributed by atoms with Gasteiger partial charge in [-0.3, -0.25) is 4.79 Å². The van der Waals surface area contributed by atoms with Gasteiger partial charge in [-0.15, -0.1) is 5.10 Å². The van der Waals surface area contributed by atoms with Crippen molar-refractivity contribution in [2.24, 2.45) is 0 Å². The number of amides is 1. The monoisotopic (exact) mass is 392 g/mol. The molecule has 2 aromatic carbocycles. The van der Waals surface area contributed by atoms with Gasteiger partial charge in [0, 0.05) is 13.6 Å². The Bertz CT molecular complexity index is 1010. The molecule has 9 heteroatoms. The van der Waals surface area contributed by atoms with E-state index in [9.17, 15) is 22.4 Å². The van der Waals surface area contributed by atoms with Gasteiger partial charge in [-0.05, 0) is 36.2 Å². The maximum Gasteiger partial charge on any atom is 0.435 e. The molecule has 0 fully saturated rings. The van der Waals surface area contributed by atoms with Gasteiger partial charge < -0.3 is 4.90 Å². The molecule has 0 unspecified atom stereocenters. The standard InChI is InChI=1S/C19H16F4N4O/c1-12-6-3-4-7-13(12)11-26(2)18(28)16-17(19(21,22)23)27(25-24-16)15-9-5-8-14(20)10-15/h3-10H,11H2,1-2H3. The van der Waals surface area contributed by atoms with Crippen molar-refractivity contribution in [2.45, 2.75) is 19.6 Å². The summed E-state index contributed by atoms with van der Waals surface area (Å²) >= 11 is 0. The number of carbonyl (C=O) groups excluding carboxylic acids is 1. The van der Waals surface area contributed by atoms with E-state index in [1.54, 1.807) is 12.1 Å². The summed E-state index contributed by atoms with van der Waals surface area (Å²) in [4.78, 5) is 13.8. The molecule has 0 saturated heterocycles. The summed E-state index contributed by atoms with van der Waals surface area (Å²) < 4.78 is 54.9. The lowest BCUT2D eigenvalue weighted by Gasteiger charge is -2.18. The quantitative estimate of drug-likeness (QED) is 0.631. The van der Waals surface area contributed by atoms with Crippen LogP contribution in [-0.2, 0) is 12.7 Å². The number of rotatable bonds is 4. The molecule has 146 valence electrons. The summed E-state index contributed by atoms with van der Waals surface area (Å²) in [7, 11) is 1.39. The predicted molar refractivity (Wildman–Crippen MR) is 93.3 cm³/mol. The highest BCUT2D eigenvalue weighted by Crippen LogP contribution is 2.33. The van der Waals surface area contributed by atoms with Crippen LogP contribution >= 0.6 is 0 Å². The van der Waals surface area contributed by atoms with E-state index in [4.69, 9.17) is 0 Å². The highest BCUT2D eigenvalue weighted by Gasteiger charge is 2.42. The van der Waals surface area contributed by atoms with E-state index >= 15 is 0 Å². The van der Waals surface area contributed by atoms with E-state index in [0.717, 1.165) is 28.2 Å². The molecule has 1 amide bonds. The van der Waals surface area contributed by atoms with Crippen molar-refractivity contribution in [1.29, 1.82) is 0 Å². The Kier molecular flexibility index (Phi) is 5.17. The lowest BCUT2D eigenvalue weighted by atomic mass is 10.1. The van der Waals surface area contributed by atoms with Gasteiger partial charge in [-0.2, -0.15) is 13.2 Å². The van der Waals surface area contributed by atoms with Crippen LogP contribution in [-0.4, -0.2) is 32.8 Å². The molecule has 3 aromatic rings. The molecule has 1 heterocycles. The van der Waals surface area contributed by atoms with E-state index < -0.39 is 29.3 Å². The van der Waals surface area contributed by atoms with Crippen LogP contribution in [0, 0.1) is 12.7 Å². The van der Waals surface area contributed by atoms with Gasteiger partial charge in [-0.1, -0.05) is 35.5 Å². The van der Waals surface area contributed by atoms with Crippen LogP contribution in [0.3, 0.4) is 0 Å². The largest absolute Gasteiger partial charge is 0.435 e. The van der Waals surface area contributed by atoms with E-state index in [1.165, 1.54) is 19.2 Å². The normalized spacial score (nSPS) is 11.5. The zero-order valence-electron chi connectivity index (χ0n) is 15.0. The summed E-state index contributed by atoms with van der Waals surface area (Å²) in [5, 5.41) is 6.91. The molecule has 0 N–H and O–H groups in total. The Morgan fingerprint density at radius 1 is 1.14 bits per heavy atom. The average Bonchev–Trinajstić information content (AvgIpc) is 3.08. The summed E-state index contributed by atoms with van der Waals surface area (Å²) in [6, 6.07) is 11.7. The maximum absolute atomic E-state index is 13.7. The van der Waals surface area contributed by atoms with Gasteiger partial charge in [0.25, 0.3) is 5.91 Å². The highest BCUT2D eigenvalue weighted by atomic mass is 19.4. The first-order valence-electron chi connectivity index (χ1n) is 8.27. The Morgan fingerprint density at radius 3 is 2.50 bits per heavy atom. The lowest BCUT2D eigenvalue weighted by molar-refractivity contribution is -0.143. The van der Waals surface area contributed by atoms with E-state index in [-0.39, 0.29) is 12.2 Å². The van der Waals surface area contributed by atoms with E-state index in [2.05, 4.69) is 10.3 Å². The molecular weight excluding hydrogens is 376 g/mol. The minimum absolute atomic E-state index is 0.107. The number of nitrogens with zero attached hydrogens (tertiary/aromatic N) is 4. The van der Waals surface area contributed by atoms with Crippen molar-refractivity contribution < 1.29 is 22.4 Å². The second-order valence-corrected chi connectivity index (χ2v) is 6.26. The zero-order valence-corrected chi connectivity index (χ0v) is 15.0. The molecule has 0 bridgehead atoms. The lowest BCUT2D eigenvalue weighted by Crippen LogP contribution is -2.29. The fourth-order valence-corrected chi connectivity index (χ4v) is 2.76. The van der Waals surface area contributed by atoms with E-state index in [1.807, 2.05) is 19.1 Å². The summed E-state index contributed by atoms with van der Waals surface area (Å²) in [6.45, 7) is 1.95. The van der Waals surface area contributed by atoms with Crippen LogP contribution in [0.15, 0.2) is 48.5 Å². The molecule has 0 spiro atoms. The first-order valence-corrected chi connectivity index (χ1v) is 8.27. The van der Waals surface area contributed by atoms with Crippen LogP contribution in [0.1, 0.15) is 27.3 Å². The molecule has 0 aliphatic rings. The molecule has 28 heavy (non-hydrogen) atoms. The van der Waals surface area contributed by atoms with E-state index in [0.29, 0.717) is 4.68 Å². The Morgan fingerprint density at radius 2 is 1.86 bits per heavy atom. The minimum Gasteiger partial charge on any atom is -0.336 e. The summed E-state index contributed by atoms with van der Waals surface area (Å²) in [5.74, 6) is -1.66. The van der Waals surface area contributed by atoms with Crippen molar-refractivity contribution in [3.8, 4) is 5.69 Å². The predicted octanol–water partition coefficient (Wildman–Crippen LogP) is 4.01. The van der Waals surface area contributed by atoms with Crippen LogP contribution in [0.5, 0.6) is 0 Å². The molecule has 0 aliphatic carbocycles. The van der Waals surface area contributed by atoms with Crippen LogP contribution < -0.4 is 0 Å². The van der Waals surface area contributed by atoms with Crippen molar-refractivity contribution in [3.63, 3.8) is 0 Å². The molecule has 3 rings (SSSR count). The van der Waals surface area contributed by atoms with Gasteiger partial charge in [0.1, 0.15) is 5.82 Å². The number of halogens is 4. The smallest absolute Gasteiger partial charge is 0.336 e. The third-order valence-corrected chi connectivity index (χ3v) is 4.21. The van der Waals surface area contributed by atoms with Gasteiger partial charge in [-0.25, -0.2) is 9.07 Å². The molecule has 0 atom stereocenters. The Hall–Kier alpha value is -3.23. The zero-order chi connectivity index (χ0) is 20.5. The van der Waals surface area contributed by atoms with Gasteiger partial charge in [0.05, 0.1) is 5.69 Å². The third kappa shape index (κ3) is 3.88. The second-order valence-electron chi connectivity index (χ2n) is 6.26. The summed E-state index contributed by atoms with van der Waals surface area (Å²) in [5.41, 5.74) is -0.668. The van der Waals surface area contributed by atoms with Crippen LogP contribution in [0.2, 0.25) is 0 Å². The number of hydrogen-bond donors (Lipinski definition) is 0. The average molecular weight is 392 g/mol. The molecular formula is C19H16F4N4O. The molecule has 0 radical (unpaired) electrons. The SMILES string of the molecule is Cc1ccccc1CN(C)C(=O)c1nnn(-c2cccc(F)c2)c1C(F)(F)F. The molecule has 1 aromatic heterocycles. The van der Waals surface area contributed by atoms with Crippen LogP contribution in [0.25, 0.3) is 5.69 Å². The number of carbonyl (C=O) groups is 1. The molecule has 5 nitrogen and oxygen atoms in total. The van der Waals surface area contributed by atoms with Crippen molar-refractivity contribution in [2.75, 3.05) is 7.05 Å². The number of benzene rings is 2. The van der Waals surface area contributed by atoms with Gasteiger partial charge >= 0.3 is 6.18 Å². The fourth-order valence-electron chi connectivity index (χ4n) is 2.76. The topological polar surface area (TPSA) is 51.0 Å². The first-order chi connectivity index (χ1) is 13.2. The Balaban J connectivity index is 1.99. The summed E-state index contributed by atoms with van der Waals surface area (Å²) in [6.07, 6.45) is -4.91. The van der Waals surface area contributed by atoms with Crippen LogP contribution in [0.4, 0.5) is 17.6 Å². The number of alkyl halides is 3. The maximum atomic E-state index is 13.7. The third-order valence-electron chi connectivity index (χ3n) is 4.21. The minimum atomic E-state index is -4.91. The molecule has 0 aliphatic heterocycles. The Labute approximate surface area is 158 Å². The second kappa shape index (κ2) is 7.41. The molecule has 0 saturated carbocycles. The number of aromatic nitrogens is 3. The number of hydrogen-bond acceptors (Lipinski definition) is 3. The van der Waals surface area contributed by atoms with Crippen molar-refractivity contribution in [1.82, 2.24) is 19.9 Å². The fraction of sp³-hybridized carbons (Fsp3) is 0.211. The first kappa shape index (κ1) is 19.5. The van der Waals surface area contributed by atoms with Crippen molar-refractivity contribution in [3.05, 3.63) is 76.9 Å². The van der Waals surface area contributed by atoms with Crippen molar-refractivity contribution >= 4 is 5.91 Å². The highest BCUT2D eigenvalue weighted by molar-refractivity contribution is 5.93. The van der Waals surface area contributed by atoms with Gasteiger partial charge in [0.15, 0.2) is 11.4 Å².